The highest BCUT2D eigenvalue weighted by Gasteiger charge is 2.18. The summed E-state index contributed by atoms with van der Waals surface area (Å²) in [4.78, 5) is 11.2. The molecule has 0 unspecified atom stereocenters. The first-order valence-electron chi connectivity index (χ1n) is 5.31. The maximum absolute atomic E-state index is 11.2. The highest BCUT2D eigenvalue weighted by molar-refractivity contribution is 5.91. The largest absolute Gasteiger partial charge is 0.379 e. The summed E-state index contributed by atoms with van der Waals surface area (Å²) in [5, 5.41) is 0. The minimum atomic E-state index is -0.0681. The van der Waals surface area contributed by atoms with Gasteiger partial charge in [0, 0.05) is 13.5 Å². The van der Waals surface area contributed by atoms with Gasteiger partial charge in [0.15, 0.2) is 5.78 Å². The van der Waals surface area contributed by atoms with E-state index in [4.69, 9.17) is 4.74 Å². The van der Waals surface area contributed by atoms with Crippen LogP contribution in [0.5, 0.6) is 0 Å². The molecule has 1 aliphatic carbocycles. The van der Waals surface area contributed by atoms with Gasteiger partial charge in [-0.2, -0.15) is 0 Å². The Morgan fingerprint density at radius 3 is 2.71 bits per heavy atom. The Kier molecular flexibility index (Phi) is 3.87. The molecule has 0 saturated carbocycles. The normalized spacial score (nSPS) is 18.2. The molecule has 1 aliphatic rings. The topological polar surface area (TPSA) is 26.3 Å². The minimum absolute atomic E-state index is 0.0681. The van der Waals surface area contributed by atoms with Crippen molar-refractivity contribution in [3.63, 3.8) is 0 Å². The monoisotopic (exact) mass is 196 g/mol. The molecular formula is C12H20O2. The smallest absolute Gasteiger partial charge is 0.155 e. The van der Waals surface area contributed by atoms with Crippen LogP contribution in [0.25, 0.3) is 0 Å². The molecule has 80 valence electrons. The van der Waals surface area contributed by atoms with Gasteiger partial charge in [0.05, 0.1) is 5.60 Å². The Bertz CT molecular complexity index is 239. The first kappa shape index (κ1) is 11.4. The van der Waals surface area contributed by atoms with E-state index in [1.807, 2.05) is 6.08 Å². The highest BCUT2D eigenvalue weighted by atomic mass is 16.5. The van der Waals surface area contributed by atoms with Gasteiger partial charge < -0.3 is 4.74 Å². The molecule has 0 aliphatic heterocycles. The maximum atomic E-state index is 11.2. The van der Waals surface area contributed by atoms with E-state index in [1.165, 1.54) is 5.57 Å². The van der Waals surface area contributed by atoms with Crippen molar-refractivity contribution in [2.45, 2.75) is 51.6 Å². The lowest BCUT2D eigenvalue weighted by Crippen LogP contribution is -2.22. The Morgan fingerprint density at radius 1 is 1.43 bits per heavy atom. The lowest BCUT2D eigenvalue weighted by molar-refractivity contribution is -0.115. The van der Waals surface area contributed by atoms with Crippen LogP contribution >= 0.6 is 0 Å². The third kappa shape index (κ3) is 3.62. The van der Waals surface area contributed by atoms with Crippen LogP contribution in [-0.2, 0) is 9.53 Å². The van der Waals surface area contributed by atoms with Gasteiger partial charge in [-0.1, -0.05) is 5.57 Å². The van der Waals surface area contributed by atoms with Crippen molar-refractivity contribution >= 4 is 5.78 Å². The van der Waals surface area contributed by atoms with E-state index in [0.717, 1.165) is 32.1 Å². The average Bonchev–Trinajstić information content (AvgIpc) is 2.15. The predicted octanol–water partition coefficient (Wildman–Crippen LogP) is 2.87. The third-order valence-electron chi connectivity index (χ3n) is 2.89. The molecule has 0 heterocycles. The van der Waals surface area contributed by atoms with E-state index in [-0.39, 0.29) is 5.60 Å². The standard InChI is InChI=1S/C12H20O2/c1-12(2,14-3)8-7-10-5-4-6-11(13)9-10/h9H,4-8H2,1-3H3. The minimum Gasteiger partial charge on any atom is -0.379 e. The number of ether oxygens (including phenoxy) is 1. The van der Waals surface area contributed by atoms with Crippen molar-refractivity contribution in [1.82, 2.24) is 0 Å². The van der Waals surface area contributed by atoms with Crippen molar-refractivity contribution in [2.75, 3.05) is 7.11 Å². The molecule has 2 nitrogen and oxygen atoms in total. The van der Waals surface area contributed by atoms with E-state index in [1.54, 1.807) is 7.11 Å². The third-order valence-corrected chi connectivity index (χ3v) is 2.89. The van der Waals surface area contributed by atoms with E-state index < -0.39 is 0 Å². The summed E-state index contributed by atoms with van der Waals surface area (Å²) in [6, 6.07) is 0. The Balaban J connectivity index is 2.41. The first-order chi connectivity index (χ1) is 6.53. The van der Waals surface area contributed by atoms with Gasteiger partial charge in [0.2, 0.25) is 0 Å². The fourth-order valence-corrected chi connectivity index (χ4v) is 1.62. The molecule has 0 N–H and O–H groups in total. The summed E-state index contributed by atoms with van der Waals surface area (Å²) in [6.45, 7) is 4.16. The molecule has 0 aromatic rings. The molecule has 0 spiro atoms. The van der Waals surface area contributed by atoms with Crippen LogP contribution in [-0.4, -0.2) is 18.5 Å². The zero-order valence-corrected chi connectivity index (χ0v) is 9.43. The Hall–Kier alpha value is -0.630. The zero-order chi connectivity index (χ0) is 10.6. The fourth-order valence-electron chi connectivity index (χ4n) is 1.62. The molecule has 0 amide bonds. The number of rotatable bonds is 4. The number of ketones is 1. The number of hydrogen-bond donors (Lipinski definition) is 0. The van der Waals surface area contributed by atoms with Crippen molar-refractivity contribution in [3.05, 3.63) is 11.6 Å². The molecule has 0 saturated heterocycles. The lowest BCUT2D eigenvalue weighted by atomic mass is 9.91. The van der Waals surface area contributed by atoms with Crippen molar-refractivity contribution in [2.24, 2.45) is 0 Å². The second kappa shape index (κ2) is 4.74. The zero-order valence-electron chi connectivity index (χ0n) is 9.43. The second-order valence-corrected chi connectivity index (χ2v) is 4.59. The SMILES string of the molecule is COC(C)(C)CCC1=CC(=O)CCC1. The van der Waals surface area contributed by atoms with E-state index in [9.17, 15) is 4.79 Å². The van der Waals surface area contributed by atoms with Gasteiger partial charge in [0.1, 0.15) is 0 Å². The van der Waals surface area contributed by atoms with Crippen molar-refractivity contribution in [3.8, 4) is 0 Å². The lowest BCUT2D eigenvalue weighted by Gasteiger charge is -2.24. The second-order valence-electron chi connectivity index (χ2n) is 4.59. The van der Waals surface area contributed by atoms with Crippen LogP contribution in [0.4, 0.5) is 0 Å². The quantitative estimate of drug-likeness (QED) is 0.691. The van der Waals surface area contributed by atoms with Gasteiger partial charge in [0.25, 0.3) is 0 Å². The van der Waals surface area contributed by atoms with Crippen LogP contribution in [0.1, 0.15) is 46.0 Å². The molecule has 0 radical (unpaired) electrons. The van der Waals surface area contributed by atoms with Gasteiger partial charge in [-0.15, -0.1) is 0 Å². The number of carbonyl (C=O) groups is 1. The average molecular weight is 196 g/mol. The maximum Gasteiger partial charge on any atom is 0.155 e. The number of carbonyl (C=O) groups excluding carboxylic acids is 1. The molecule has 14 heavy (non-hydrogen) atoms. The molecule has 2 heteroatoms. The molecule has 0 aromatic carbocycles. The van der Waals surface area contributed by atoms with Gasteiger partial charge >= 0.3 is 0 Å². The molecule has 0 atom stereocenters. The van der Waals surface area contributed by atoms with Gasteiger partial charge in [-0.25, -0.2) is 0 Å². The fraction of sp³-hybridized carbons (Fsp3) is 0.750. The van der Waals surface area contributed by atoms with Crippen LogP contribution < -0.4 is 0 Å². The number of hydrogen-bond acceptors (Lipinski definition) is 2. The molecule has 0 bridgehead atoms. The molecule has 1 rings (SSSR count). The van der Waals surface area contributed by atoms with E-state index >= 15 is 0 Å². The van der Waals surface area contributed by atoms with Gasteiger partial charge in [-0.3, -0.25) is 4.79 Å². The van der Waals surface area contributed by atoms with Crippen molar-refractivity contribution in [1.29, 1.82) is 0 Å². The van der Waals surface area contributed by atoms with E-state index in [2.05, 4.69) is 13.8 Å². The van der Waals surface area contributed by atoms with Gasteiger partial charge in [-0.05, 0) is 45.6 Å². The number of methoxy groups -OCH3 is 1. The molecule has 0 fully saturated rings. The Morgan fingerprint density at radius 2 is 2.14 bits per heavy atom. The summed E-state index contributed by atoms with van der Waals surface area (Å²) < 4.78 is 5.34. The first-order valence-corrected chi connectivity index (χ1v) is 5.31. The summed E-state index contributed by atoms with van der Waals surface area (Å²) in [6.07, 6.45) is 6.66. The van der Waals surface area contributed by atoms with Crippen LogP contribution in [0, 0.1) is 0 Å². The summed E-state index contributed by atoms with van der Waals surface area (Å²) >= 11 is 0. The highest BCUT2D eigenvalue weighted by Crippen LogP contribution is 2.24. The Labute approximate surface area is 86.3 Å². The van der Waals surface area contributed by atoms with Crippen LogP contribution in [0.2, 0.25) is 0 Å². The molecular weight excluding hydrogens is 176 g/mol. The van der Waals surface area contributed by atoms with Crippen LogP contribution in [0.15, 0.2) is 11.6 Å². The summed E-state index contributed by atoms with van der Waals surface area (Å²) in [5.74, 6) is 0.293. The van der Waals surface area contributed by atoms with Crippen molar-refractivity contribution < 1.29 is 9.53 Å². The molecule has 0 aromatic heterocycles. The number of allylic oxidation sites excluding steroid dienone is 2. The predicted molar refractivity (Wildman–Crippen MR) is 57.3 cm³/mol. The van der Waals surface area contributed by atoms with E-state index in [0.29, 0.717) is 5.78 Å². The summed E-state index contributed by atoms with van der Waals surface area (Å²) in [7, 11) is 1.74. The summed E-state index contributed by atoms with van der Waals surface area (Å²) in [5.41, 5.74) is 1.23. The van der Waals surface area contributed by atoms with Crippen LogP contribution in [0.3, 0.4) is 0 Å².